The standard InChI is InChI=1S/C16H17ClN4/c17-12-10-15-14(2-6-18-15)16(11-12)20-8-3-13(4-9-20)21-7-1-5-19-21/h1-2,5-7,10-11,13,18H,3-4,8-9H2. The first-order valence-corrected chi connectivity index (χ1v) is 7.70. The molecule has 2 aromatic heterocycles. The SMILES string of the molecule is Clc1cc(N2CCC(n3cccn3)CC2)c2cc[nH]c2c1. The number of rotatable bonds is 2. The maximum Gasteiger partial charge on any atom is 0.0552 e. The molecule has 1 N–H and O–H groups in total. The van der Waals surface area contributed by atoms with Crippen molar-refractivity contribution in [2.45, 2.75) is 18.9 Å². The zero-order chi connectivity index (χ0) is 14.2. The van der Waals surface area contributed by atoms with Crippen LogP contribution in [0.25, 0.3) is 10.9 Å². The van der Waals surface area contributed by atoms with Crippen molar-refractivity contribution in [3.63, 3.8) is 0 Å². The number of aromatic nitrogens is 3. The summed E-state index contributed by atoms with van der Waals surface area (Å²) in [5.41, 5.74) is 2.34. The second-order valence-electron chi connectivity index (χ2n) is 5.57. The number of H-pyrrole nitrogens is 1. The van der Waals surface area contributed by atoms with Crippen molar-refractivity contribution < 1.29 is 0 Å². The molecule has 0 aliphatic carbocycles. The van der Waals surface area contributed by atoms with Crippen LogP contribution in [0.5, 0.6) is 0 Å². The highest BCUT2D eigenvalue weighted by molar-refractivity contribution is 6.31. The van der Waals surface area contributed by atoms with Gasteiger partial charge in [-0.05, 0) is 37.1 Å². The van der Waals surface area contributed by atoms with Gasteiger partial charge in [0.2, 0.25) is 0 Å². The molecular weight excluding hydrogens is 284 g/mol. The summed E-state index contributed by atoms with van der Waals surface area (Å²) in [5.74, 6) is 0. The molecule has 0 bridgehead atoms. The smallest absolute Gasteiger partial charge is 0.0552 e. The minimum atomic E-state index is 0.511. The lowest BCUT2D eigenvalue weighted by Gasteiger charge is -2.34. The van der Waals surface area contributed by atoms with E-state index in [2.05, 4.69) is 38.0 Å². The van der Waals surface area contributed by atoms with Crippen LogP contribution in [0.3, 0.4) is 0 Å². The number of fused-ring (bicyclic) bond motifs is 1. The molecule has 0 spiro atoms. The van der Waals surface area contributed by atoms with Gasteiger partial charge in [0.1, 0.15) is 0 Å². The molecule has 1 aliphatic rings. The molecule has 1 aliphatic heterocycles. The molecule has 5 heteroatoms. The molecule has 0 atom stereocenters. The number of nitrogens with zero attached hydrogens (tertiary/aromatic N) is 3. The lowest BCUT2D eigenvalue weighted by Crippen LogP contribution is -2.34. The minimum Gasteiger partial charge on any atom is -0.371 e. The van der Waals surface area contributed by atoms with E-state index in [-0.39, 0.29) is 0 Å². The summed E-state index contributed by atoms with van der Waals surface area (Å²) in [4.78, 5) is 5.68. The maximum atomic E-state index is 6.25. The molecule has 4 rings (SSSR count). The Hall–Kier alpha value is -1.94. The maximum absolute atomic E-state index is 6.25. The Morgan fingerprint density at radius 2 is 2.10 bits per heavy atom. The molecule has 108 valence electrons. The minimum absolute atomic E-state index is 0.511. The zero-order valence-electron chi connectivity index (χ0n) is 11.7. The van der Waals surface area contributed by atoms with Crippen LogP contribution in [0, 0.1) is 0 Å². The Balaban J connectivity index is 1.59. The molecule has 3 heterocycles. The number of hydrogen-bond acceptors (Lipinski definition) is 2. The van der Waals surface area contributed by atoms with Crippen LogP contribution in [0.4, 0.5) is 5.69 Å². The number of hydrogen-bond donors (Lipinski definition) is 1. The second-order valence-corrected chi connectivity index (χ2v) is 6.00. The van der Waals surface area contributed by atoms with E-state index >= 15 is 0 Å². The van der Waals surface area contributed by atoms with Crippen LogP contribution in [-0.4, -0.2) is 27.9 Å². The van der Waals surface area contributed by atoms with Crippen LogP contribution in [0.2, 0.25) is 5.02 Å². The molecule has 4 nitrogen and oxygen atoms in total. The first-order chi connectivity index (χ1) is 10.3. The van der Waals surface area contributed by atoms with E-state index in [1.54, 1.807) is 0 Å². The van der Waals surface area contributed by atoms with Crippen molar-refractivity contribution in [1.29, 1.82) is 0 Å². The predicted octanol–water partition coefficient (Wildman–Crippen LogP) is 3.86. The molecule has 1 saturated heterocycles. The van der Waals surface area contributed by atoms with E-state index in [4.69, 9.17) is 11.6 Å². The van der Waals surface area contributed by atoms with E-state index in [9.17, 15) is 0 Å². The van der Waals surface area contributed by atoms with Gasteiger partial charge in [0.15, 0.2) is 0 Å². The average molecular weight is 301 g/mol. The summed E-state index contributed by atoms with van der Waals surface area (Å²) in [6.07, 6.45) is 8.11. The summed E-state index contributed by atoms with van der Waals surface area (Å²) in [6.45, 7) is 2.07. The lowest BCUT2D eigenvalue weighted by atomic mass is 10.0. The van der Waals surface area contributed by atoms with Gasteiger partial charge in [-0.15, -0.1) is 0 Å². The van der Waals surface area contributed by atoms with E-state index in [1.807, 2.05) is 24.5 Å². The number of nitrogens with one attached hydrogen (secondary N) is 1. The molecule has 0 radical (unpaired) electrons. The third-order valence-corrected chi connectivity index (χ3v) is 4.53. The van der Waals surface area contributed by atoms with Crippen molar-refractivity contribution in [2.75, 3.05) is 18.0 Å². The van der Waals surface area contributed by atoms with Gasteiger partial charge in [-0.25, -0.2) is 0 Å². The highest BCUT2D eigenvalue weighted by atomic mass is 35.5. The second kappa shape index (κ2) is 5.11. The van der Waals surface area contributed by atoms with Gasteiger partial charge in [-0.1, -0.05) is 11.6 Å². The van der Waals surface area contributed by atoms with Crippen molar-refractivity contribution >= 4 is 28.2 Å². The monoisotopic (exact) mass is 300 g/mol. The molecule has 0 amide bonds. The summed E-state index contributed by atoms with van der Waals surface area (Å²) < 4.78 is 2.08. The van der Waals surface area contributed by atoms with E-state index < -0.39 is 0 Å². The van der Waals surface area contributed by atoms with Crippen molar-refractivity contribution in [3.8, 4) is 0 Å². The topological polar surface area (TPSA) is 36.9 Å². The number of aromatic amines is 1. The predicted molar refractivity (Wildman–Crippen MR) is 86.0 cm³/mol. The number of benzene rings is 1. The third-order valence-electron chi connectivity index (χ3n) is 4.32. The first kappa shape index (κ1) is 12.8. The van der Waals surface area contributed by atoms with Gasteiger partial charge in [0.05, 0.1) is 6.04 Å². The van der Waals surface area contributed by atoms with Gasteiger partial charge in [-0.3, -0.25) is 4.68 Å². The van der Waals surface area contributed by atoms with Gasteiger partial charge < -0.3 is 9.88 Å². The fraction of sp³-hybridized carbons (Fsp3) is 0.312. The quantitative estimate of drug-likeness (QED) is 0.780. The Labute approximate surface area is 128 Å². The summed E-state index contributed by atoms with van der Waals surface area (Å²) in [7, 11) is 0. The molecule has 0 unspecified atom stereocenters. The van der Waals surface area contributed by atoms with Crippen LogP contribution in [-0.2, 0) is 0 Å². The van der Waals surface area contributed by atoms with E-state index in [0.29, 0.717) is 6.04 Å². The lowest BCUT2D eigenvalue weighted by molar-refractivity contribution is 0.367. The van der Waals surface area contributed by atoms with Crippen LogP contribution in [0.1, 0.15) is 18.9 Å². The van der Waals surface area contributed by atoms with Crippen molar-refractivity contribution in [1.82, 2.24) is 14.8 Å². The highest BCUT2D eigenvalue weighted by Crippen LogP contribution is 2.33. The fourth-order valence-electron chi connectivity index (χ4n) is 3.24. The van der Waals surface area contributed by atoms with Gasteiger partial charge in [0, 0.05) is 53.3 Å². The third kappa shape index (κ3) is 2.29. The van der Waals surface area contributed by atoms with Gasteiger partial charge in [0.25, 0.3) is 0 Å². The Kier molecular flexibility index (Phi) is 3.11. The Morgan fingerprint density at radius 3 is 2.86 bits per heavy atom. The first-order valence-electron chi connectivity index (χ1n) is 7.32. The number of piperidine rings is 1. The molecule has 1 aromatic carbocycles. The normalized spacial score (nSPS) is 16.7. The van der Waals surface area contributed by atoms with Crippen LogP contribution in [0.15, 0.2) is 42.9 Å². The highest BCUT2D eigenvalue weighted by Gasteiger charge is 2.22. The van der Waals surface area contributed by atoms with Crippen LogP contribution < -0.4 is 4.90 Å². The summed E-state index contributed by atoms with van der Waals surface area (Å²) in [6, 6.07) is 8.69. The van der Waals surface area contributed by atoms with Crippen molar-refractivity contribution in [3.05, 3.63) is 47.9 Å². The number of halogens is 1. The molecule has 0 saturated carbocycles. The summed E-state index contributed by atoms with van der Waals surface area (Å²) in [5, 5.41) is 6.40. The van der Waals surface area contributed by atoms with Gasteiger partial charge >= 0.3 is 0 Å². The average Bonchev–Trinajstić information content (AvgIpc) is 3.17. The Bertz CT molecular complexity index is 739. The molecule has 21 heavy (non-hydrogen) atoms. The fourth-order valence-corrected chi connectivity index (χ4v) is 3.46. The van der Waals surface area contributed by atoms with Gasteiger partial charge in [-0.2, -0.15) is 5.10 Å². The largest absolute Gasteiger partial charge is 0.371 e. The van der Waals surface area contributed by atoms with E-state index in [1.165, 1.54) is 11.1 Å². The zero-order valence-corrected chi connectivity index (χ0v) is 12.4. The number of anilines is 1. The molecule has 3 aromatic rings. The van der Waals surface area contributed by atoms with E-state index in [0.717, 1.165) is 36.5 Å². The molecule has 1 fully saturated rings. The van der Waals surface area contributed by atoms with Crippen LogP contribution >= 0.6 is 11.6 Å². The Morgan fingerprint density at radius 1 is 1.24 bits per heavy atom. The molecular formula is C16H17ClN4. The summed E-state index contributed by atoms with van der Waals surface area (Å²) >= 11 is 6.25. The van der Waals surface area contributed by atoms with Crippen molar-refractivity contribution in [2.24, 2.45) is 0 Å².